The number of unbranched alkanes of at least 4 members (excludes halogenated alkanes) is 2. The van der Waals surface area contributed by atoms with Crippen molar-refractivity contribution < 1.29 is 93.0 Å². The Kier molecular flexibility index (Phi) is 17.5. The highest BCUT2D eigenvalue weighted by Gasteiger charge is 2.48. The second kappa shape index (κ2) is 21.8. The Morgan fingerprint density at radius 1 is 0.700 bits per heavy atom. The molecule has 2 unspecified atom stereocenters. The molecule has 0 aromatic heterocycles. The molecule has 0 bridgehead atoms. The van der Waals surface area contributed by atoms with E-state index in [0.29, 0.717) is 33.9 Å². The molecule has 3 aromatic carbocycles. The van der Waals surface area contributed by atoms with Gasteiger partial charge in [-0.25, -0.2) is 42.5 Å². The summed E-state index contributed by atoms with van der Waals surface area (Å²) in [5.74, 6) is -13.9. The second-order valence-corrected chi connectivity index (χ2v) is 22.3. The van der Waals surface area contributed by atoms with E-state index < -0.39 is 113 Å². The van der Waals surface area contributed by atoms with Crippen LogP contribution in [0, 0.1) is 23.3 Å². The number of nitrogens with zero attached hydrogens (tertiary/aromatic N) is 2. The lowest BCUT2D eigenvalue weighted by molar-refractivity contribution is -0.441. The molecule has 0 aliphatic carbocycles. The van der Waals surface area contributed by atoms with E-state index in [9.17, 15) is 74.2 Å². The molecule has 3 aromatic rings. The molecule has 0 fully saturated rings. The van der Waals surface area contributed by atoms with Gasteiger partial charge < -0.3 is 37.3 Å². The quantitative estimate of drug-likeness (QED) is 0.0171. The van der Waals surface area contributed by atoms with Crippen molar-refractivity contribution in [3.8, 4) is 5.75 Å². The van der Waals surface area contributed by atoms with Crippen LogP contribution in [0.5, 0.6) is 5.75 Å². The number of methoxy groups -OCH3 is 2. The molecule has 70 heavy (non-hydrogen) atoms. The molecule has 18 nitrogen and oxygen atoms in total. The van der Waals surface area contributed by atoms with Crippen molar-refractivity contribution in [1.29, 1.82) is 0 Å². The van der Waals surface area contributed by atoms with Crippen LogP contribution in [-0.2, 0) is 65.6 Å². The van der Waals surface area contributed by atoms with E-state index in [2.05, 4.69) is 4.74 Å². The van der Waals surface area contributed by atoms with Crippen molar-refractivity contribution in [2.75, 3.05) is 51.2 Å². The lowest BCUT2D eigenvalue weighted by Crippen LogP contribution is -2.32. The van der Waals surface area contributed by atoms with Crippen LogP contribution >= 0.6 is 0 Å². The molecule has 2 aliphatic rings. The summed E-state index contributed by atoms with van der Waals surface area (Å²) in [4.78, 5) is 11.0. The Balaban J connectivity index is 1.46. The first-order valence-corrected chi connectivity index (χ1v) is 26.9. The van der Waals surface area contributed by atoms with Crippen molar-refractivity contribution in [1.82, 2.24) is 0 Å². The minimum Gasteiger partial charge on any atom is -0.748 e. The number of esters is 1. The number of hydrogen-bond donors (Lipinski definition) is 0. The van der Waals surface area contributed by atoms with E-state index in [1.165, 1.54) is 38.5 Å². The number of anilines is 1. The van der Waals surface area contributed by atoms with Crippen LogP contribution in [0.4, 0.5) is 28.9 Å². The van der Waals surface area contributed by atoms with Gasteiger partial charge in [0.2, 0.25) is 23.1 Å². The second-order valence-electron chi connectivity index (χ2n) is 16.7. The van der Waals surface area contributed by atoms with Gasteiger partial charge in [-0.1, -0.05) is 24.6 Å². The predicted molar refractivity (Wildman–Crippen MR) is 238 cm³/mol. The largest absolute Gasteiger partial charge is 0.748 e. The van der Waals surface area contributed by atoms with Crippen molar-refractivity contribution in [3.63, 3.8) is 0 Å². The molecule has 5 rings (SSSR count). The smallest absolute Gasteiger partial charge is 0.311 e. The van der Waals surface area contributed by atoms with Gasteiger partial charge in [0.25, 0.3) is 0 Å². The first-order valence-electron chi connectivity index (χ1n) is 21.1. The monoisotopic (exact) mass is 1060 g/mol. The minimum absolute atomic E-state index is 0.0114. The summed E-state index contributed by atoms with van der Waals surface area (Å²) < 4.78 is 216. The first kappa shape index (κ1) is 56.0. The lowest BCUT2D eigenvalue weighted by atomic mass is 9.76. The summed E-state index contributed by atoms with van der Waals surface area (Å²) in [5, 5.41) is 0. The summed E-state index contributed by atoms with van der Waals surface area (Å²) in [6, 6.07) is 7.74. The zero-order valence-electron chi connectivity index (χ0n) is 37.9. The molecule has 26 heteroatoms. The standard InChI is InChI=1S/C44H50F4N2O16S4/c1-43(19-11-25-67(52,53)54)30-26-28(68(55,56)57)16-18-33(30)50(22-24-65-4)34(43)12-7-5-8-13-35-44(2,20-23-64-3)31-27-29(69(58,59)60)15-17-32(31)49(35)21-10-6-9-14-36(51)66-41-37(45)39(47)42(70(61,62)63)40(48)38(41)46/h5,7-8,12-13,15-18,26-27H,6,9-11,14,19-25H2,1-4H3,(H3-,52,53,54,55,56,57,58,59,60,61,62,63)/p-3. The van der Waals surface area contributed by atoms with Gasteiger partial charge in [0.1, 0.15) is 41.9 Å². The van der Waals surface area contributed by atoms with E-state index >= 15 is 0 Å². The van der Waals surface area contributed by atoms with Crippen molar-refractivity contribution >= 4 is 63.5 Å². The highest BCUT2D eigenvalue weighted by Crippen LogP contribution is 2.51. The fourth-order valence-corrected chi connectivity index (χ4v) is 10.7. The highest BCUT2D eigenvalue weighted by molar-refractivity contribution is 7.86. The molecular formula is C44H47F4N2O16S4-3. The molecule has 2 atom stereocenters. The van der Waals surface area contributed by atoms with E-state index in [4.69, 9.17) is 9.47 Å². The van der Waals surface area contributed by atoms with Crippen LogP contribution in [0.15, 0.2) is 87.2 Å². The summed E-state index contributed by atoms with van der Waals surface area (Å²) in [6.07, 6.45) is 8.54. The minimum atomic E-state index is -6.00. The number of allylic oxidation sites excluding steroid dienone is 6. The SMILES string of the molecule is COCC[N+]1=C(/C=C/C=C/C=C2/N(CCCCCC(=O)Oc3c(F)c(F)c(S(=O)(=O)[O-])c(F)c3F)c3ccc(S(=O)(=O)[O-])cc3C2(C)CCOC)C(C)(CCCS(=O)(=O)[O-])c2cc(S(=O)(=O)[O-])ccc21. The normalized spacial score (nSPS) is 19.3. The summed E-state index contributed by atoms with van der Waals surface area (Å²) in [5.41, 5.74) is 0.935. The summed E-state index contributed by atoms with van der Waals surface area (Å²) in [7, 11) is -17.5. The third-order valence-corrected chi connectivity index (χ3v) is 15.3. The molecule has 0 saturated heterocycles. The van der Waals surface area contributed by atoms with Gasteiger partial charge in [-0.05, 0) is 87.9 Å². The van der Waals surface area contributed by atoms with Crippen molar-refractivity contribution in [3.05, 3.63) is 107 Å². The average Bonchev–Trinajstić information content (AvgIpc) is 3.63. The highest BCUT2D eigenvalue weighted by atomic mass is 32.2. The number of rotatable bonds is 23. The lowest BCUT2D eigenvalue weighted by Gasteiger charge is -2.30. The Morgan fingerprint density at radius 3 is 1.87 bits per heavy atom. The van der Waals surface area contributed by atoms with Crippen LogP contribution in [0.3, 0.4) is 0 Å². The Hall–Kier alpha value is -4.90. The predicted octanol–water partition coefficient (Wildman–Crippen LogP) is 5.26. The van der Waals surface area contributed by atoms with Crippen molar-refractivity contribution in [2.24, 2.45) is 0 Å². The maximum atomic E-state index is 14.5. The van der Waals surface area contributed by atoms with Crippen LogP contribution < -0.4 is 9.64 Å². The van der Waals surface area contributed by atoms with Crippen LogP contribution in [0.25, 0.3) is 0 Å². The van der Waals surface area contributed by atoms with Crippen LogP contribution in [0.2, 0.25) is 0 Å². The molecule has 384 valence electrons. The third-order valence-electron chi connectivity index (χ3n) is 12.0. The van der Waals surface area contributed by atoms with Gasteiger partial charge >= 0.3 is 5.97 Å². The average molecular weight is 1060 g/mol. The van der Waals surface area contributed by atoms with Crippen molar-refractivity contribution in [2.45, 2.75) is 84.3 Å². The summed E-state index contributed by atoms with van der Waals surface area (Å²) in [6.45, 7) is 4.33. The Labute approximate surface area is 402 Å². The number of ether oxygens (including phenoxy) is 3. The van der Waals surface area contributed by atoms with E-state index in [1.807, 2.05) is 16.4 Å². The van der Waals surface area contributed by atoms with Gasteiger partial charge in [0, 0.05) is 74.1 Å². The van der Waals surface area contributed by atoms with E-state index in [1.54, 1.807) is 37.3 Å². The molecule has 0 N–H and O–H groups in total. The molecule has 0 radical (unpaired) electrons. The van der Waals surface area contributed by atoms with Gasteiger partial charge in [0.15, 0.2) is 23.9 Å². The number of benzene rings is 3. The van der Waals surface area contributed by atoms with Gasteiger partial charge in [-0.15, -0.1) is 0 Å². The third kappa shape index (κ3) is 12.4. The van der Waals surface area contributed by atoms with Crippen LogP contribution in [-0.4, -0.2) is 114 Å². The molecule has 2 heterocycles. The van der Waals surface area contributed by atoms with Gasteiger partial charge in [-0.2, -0.15) is 13.4 Å². The van der Waals surface area contributed by atoms with E-state index in [-0.39, 0.29) is 64.8 Å². The number of hydrogen-bond acceptors (Lipinski definition) is 17. The first-order chi connectivity index (χ1) is 32.5. The molecule has 0 amide bonds. The zero-order chi connectivity index (χ0) is 52.2. The number of halogens is 4. The van der Waals surface area contributed by atoms with E-state index in [0.717, 1.165) is 12.1 Å². The Bertz CT molecular complexity index is 3100. The number of carbonyl (C=O) groups excluding carboxylic acids is 1. The molecule has 0 saturated carbocycles. The molecule has 0 spiro atoms. The maximum Gasteiger partial charge on any atom is 0.311 e. The number of carbonyl (C=O) groups is 1. The maximum absolute atomic E-state index is 14.5. The molecule has 2 aliphatic heterocycles. The fraction of sp³-hybridized carbons (Fsp3) is 0.409. The fourth-order valence-electron chi connectivity index (χ4n) is 8.61. The van der Waals surface area contributed by atoms with Gasteiger partial charge in [0.05, 0.1) is 25.3 Å². The van der Waals surface area contributed by atoms with Crippen LogP contribution in [0.1, 0.15) is 69.9 Å². The topological polar surface area (TPSA) is 280 Å². The Morgan fingerprint density at radius 2 is 1.30 bits per heavy atom. The molecular weight excluding hydrogens is 1020 g/mol. The van der Waals surface area contributed by atoms with Gasteiger partial charge in [-0.3, -0.25) is 4.79 Å². The number of fused-ring (bicyclic) bond motifs is 2. The zero-order valence-corrected chi connectivity index (χ0v) is 41.2. The summed E-state index contributed by atoms with van der Waals surface area (Å²) >= 11 is 0.